The Morgan fingerprint density at radius 3 is 2.24 bits per heavy atom. The van der Waals surface area contributed by atoms with Gasteiger partial charge in [0.05, 0.1) is 24.8 Å². The second kappa shape index (κ2) is 7.43. The van der Waals surface area contributed by atoms with E-state index in [9.17, 15) is 18.3 Å². The van der Waals surface area contributed by atoms with Crippen molar-refractivity contribution in [3.05, 3.63) is 48.5 Å². The highest BCUT2D eigenvalue weighted by atomic mass is 32.2. The van der Waals surface area contributed by atoms with Crippen molar-refractivity contribution in [2.24, 2.45) is 0 Å². The number of rotatable bonds is 7. The van der Waals surface area contributed by atoms with Crippen molar-refractivity contribution in [1.82, 2.24) is 0 Å². The predicted molar refractivity (Wildman–Crippen MR) is 92.8 cm³/mol. The van der Waals surface area contributed by atoms with Crippen LogP contribution < -0.4 is 13.8 Å². The largest absolute Gasteiger partial charge is 0.497 e. The molecule has 0 heterocycles. The van der Waals surface area contributed by atoms with E-state index in [-0.39, 0.29) is 16.3 Å². The van der Waals surface area contributed by atoms with Crippen LogP contribution in [0.3, 0.4) is 0 Å². The van der Waals surface area contributed by atoms with E-state index in [1.807, 2.05) is 0 Å². The lowest BCUT2D eigenvalue weighted by atomic mass is 10.2. The van der Waals surface area contributed by atoms with Crippen molar-refractivity contribution in [2.75, 3.05) is 18.5 Å². The summed E-state index contributed by atoms with van der Waals surface area (Å²) in [4.78, 5) is 11.5. The Morgan fingerprint density at radius 1 is 1.08 bits per heavy atom. The molecule has 0 amide bonds. The number of carboxylic acids is 1. The summed E-state index contributed by atoms with van der Waals surface area (Å²) in [7, 11) is -1.28. The summed E-state index contributed by atoms with van der Waals surface area (Å²) in [6, 6.07) is 10.8. The number of aliphatic carboxylic acids is 1. The minimum Gasteiger partial charge on any atom is -0.497 e. The van der Waals surface area contributed by atoms with Crippen LogP contribution in [0, 0.1) is 0 Å². The van der Waals surface area contributed by atoms with Gasteiger partial charge < -0.3 is 14.6 Å². The highest BCUT2D eigenvalue weighted by Gasteiger charge is 2.35. The zero-order valence-corrected chi connectivity index (χ0v) is 14.9. The van der Waals surface area contributed by atoms with Crippen molar-refractivity contribution in [2.45, 2.75) is 17.9 Å². The highest BCUT2D eigenvalue weighted by molar-refractivity contribution is 7.93. The number of carboxylic acid groups (broad SMARTS) is 1. The van der Waals surface area contributed by atoms with Gasteiger partial charge in [-0.2, -0.15) is 0 Å². The molecule has 8 heteroatoms. The molecule has 25 heavy (non-hydrogen) atoms. The molecular formula is C17H19NO6S. The summed E-state index contributed by atoms with van der Waals surface area (Å²) in [6.45, 7) is 1.30. The topological polar surface area (TPSA) is 93.1 Å². The van der Waals surface area contributed by atoms with E-state index >= 15 is 0 Å². The van der Waals surface area contributed by atoms with Crippen LogP contribution in [0.15, 0.2) is 53.4 Å². The Morgan fingerprint density at radius 2 is 1.72 bits per heavy atom. The van der Waals surface area contributed by atoms with Crippen molar-refractivity contribution in [3.8, 4) is 11.5 Å². The van der Waals surface area contributed by atoms with Gasteiger partial charge in [-0.15, -0.1) is 0 Å². The van der Waals surface area contributed by atoms with Gasteiger partial charge in [0.25, 0.3) is 10.0 Å². The van der Waals surface area contributed by atoms with Gasteiger partial charge in [0, 0.05) is 6.07 Å². The minimum absolute atomic E-state index is 0.0130. The van der Waals surface area contributed by atoms with Gasteiger partial charge in [0.15, 0.2) is 0 Å². The number of hydrogen-bond acceptors (Lipinski definition) is 5. The molecule has 1 N–H and O–H groups in total. The maximum atomic E-state index is 13.1. The molecule has 1 atom stereocenters. The summed E-state index contributed by atoms with van der Waals surface area (Å²) in [5, 5.41) is 9.42. The first-order valence-corrected chi connectivity index (χ1v) is 8.81. The molecular weight excluding hydrogens is 346 g/mol. The molecule has 134 valence electrons. The highest BCUT2D eigenvalue weighted by Crippen LogP contribution is 2.36. The molecule has 0 saturated heterocycles. The summed E-state index contributed by atoms with van der Waals surface area (Å²) < 4.78 is 37.3. The number of ether oxygens (including phenoxy) is 2. The smallest absolute Gasteiger partial charge is 0.327 e. The third kappa shape index (κ3) is 3.69. The molecule has 0 spiro atoms. The monoisotopic (exact) mass is 365 g/mol. The lowest BCUT2D eigenvalue weighted by molar-refractivity contribution is -0.137. The number of hydrogen-bond donors (Lipinski definition) is 1. The van der Waals surface area contributed by atoms with E-state index in [0.717, 1.165) is 4.31 Å². The van der Waals surface area contributed by atoms with Crippen LogP contribution in [0.2, 0.25) is 0 Å². The number of methoxy groups -OCH3 is 2. The standard InChI is InChI=1S/C17H19NO6S/c1-12(17(19)20)18(25(21,22)14-7-5-4-6-8-14)15-10-9-13(23-2)11-16(15)24-3/h4-12H,1-3H3,(H,19,20). The van der Waals surface area contributed by atoms with E-state index in [1.54, 1.807) is 24.3 Å². The first-order valence-electron chi connectivity index (χ1n) is 7.37. The van der Waals surface area contributed by atoms with Crippen LogP contribution in [0.1, 0.15) is 6.92 Å². The number of benzene rings is 2. The van der Waals surface area contributed by atoms with Gasteiger partial charge in [-0.05, 0) is 31.2 Å². The van der Waals surface area contributed by atoms with Gasteiger partial charge in [-0.3, -0.25) is 0 Å². The molecule has 0 aliphatic heterocycles. The van der Waals surface area contributed by atoms with Crippen LogP contribution in [0.4, 0.5) is 5.69 Å². The summed E-state index contributed by atoms with van der Waals surface area (Å²) in [6.07, 6.45) is 0. The number of sulfonamides is 1. The maximum absolute atomic E-state index is 13.1. The molecule has 1 unspecified atom stereocenters. The zero-order valence-electron chi connectivity index (χ0n) is 14.0. The molecule has 7 nitrogen and oxygen atoms in total. The van der Waals surface area contributed by atoms with Gasteiger partial charge in [0.2, 0.25) is 0 Å². The van der Waals surface area contributed by atoms with Crippen LogP contribution in [-0.4, -0.2) is 39.8 Å². The average Bonchev–Trinajstić information content (AvgIpc) is 2.62. The lowest BCUT2D eigenvalue weighted by Crippen LogP contribution is -2.43. The molecule has 2 rings (SSSR count). The molecule has 0 aliphatic rings. The van der Waals surface area contributed by atoms with E-state index in [0.29, 0.717) is 5.75 Å². The Kier molecular flexibility index (Phi) is 5.53. The molecule has 0 saturated carbocycles. The third-order valence-corrected chi connectivity index (χ3v) is 5.53. The minimum atomic E-state index is -4.12. The fourth-order valence-electron chi connectivity index (χ4n) is 2.32. The molecule has 0 radical (unpaired) electrons. The molecule has 2 aromatic carbocycles. The van der Waals surface area contributed by atoms with Crippen molar-refractivity contribution >= 4 is 21.7 Å². The Hall–Kier alpha value is -2.74. The second-order valence-electron chi connectivity index (χ2n) is 5.17. The normalized spacial score (nSPS) is 12.3. The Balaban J connectivity index is 2.69. The quantitative estimate of drug-likeness (QED) is 0.810. The maximum Gasteiger partial charge on any atom is 0.327 e. The average molecular weight is 365 g/mol. The van der Waals surface area contributed by atoms with Crippen LogP contribution in [-0.2, 0) is 14.8 Å². The number of anilines is 1. The van der Waals surface area contributed by atoms with Gasteiger partial charge in [-0.25, -0.2) is 17.5 Å². The van der Waals surface area contributed by atoms with E-state index in [2.05, 4.69) is 0 Å². The third-order valence-electron chi connectivity index (χ3n) is 3.63. The summed E-state index contributed by atoms with van der Waals surface area (Å²) in [5.74, 6) is -0.634. The fraction of sp³-hybridized carbons (Fsp3) is 0.235. The Bertz CT molecular complexity index is 851. The fourth-order valence-corrected chi connectivity index (χ4v) is 3.96. The first kappa shape index (κ1) is 18.6. The number of carbonyl (C=O) groups is 1. The molecule has 2 aromatic rings. The van der Waals surface area contributed by atoms with Crippen molar-refractivity contribution in [3.63, 3.8) is 0 Å². The lowest BCUT2D eigenvalue weighted by Gasteiger charge is -2.29. The first-order chi connectivity index (χ1) is 11.8. The van der Waals surface area contributed by atoms with Gasteiger partial charge in [-0.1, -0.05) is 18.2 Å². The van der Waals surface area contributed by atoms with Crippen LogP contribution >= 0.6 is 0 Å². The van der Waals surface area contributed by atoms with Crippen molar-refractivity contribution in [1.29, 1.82) is 0 Å². The molecule has 0 aliphatic carbocycles. The van der Waals surface area contributed by atoms with Gasteiger partial charge >= 0.3 is 5.97 Å². The van der Waals surface area contributed by atoms with E-state index in [1.165, 1.54) is 45.4 Å². The van der Waals surface area contributed by atoms with Crippen LogP contribution in [0.25, 0.3) is 0 Å². The zero-order chi connectivity index (χ0) is 18.6. The van der Waals surface area contributed by atoms with Crippen molar-refractivity contribution < 1.29 is 27.8 Å². The molecule has 0 bridgehead atoms. The second-order valence-corrected chi connectivity index (χ2v) is 6.98. The van der Waals surface area contributed by atoms with Crippen LogP contribution in [0.5, 0.6) is 11.5 Å². The SMILES string of the molecule is COc1ccc(N(C(C)C(=O)O)S(=O)(=O)c2ccccc2)c(OC)c1. The molecule has 0 aromatic heterocycles. The Labute approximate surface area is 146 Å². The van der Waals surface area contributed by atoms with E-state index in [4.69, 9.17) is 9.47 Å². The summed E-state index contributed by atoms with van der Waals surface area (Å²) >= 11 is 0. The van der Waals surface area contributed by atoms with E-state index < -0.39 is 22.0 Å². The van der Waals surface area contributed by atoms with Gasteiger partial charge in [0.1, 0.15) is 17.5 Å². The summed E-state index contributed by atoms with van der Waals surface area (Å²) in [5.41, 5.74) is 0.113. The molecule has 0 fully saturated rings. The number of nitrogens with zero attached hydrogens (tertiary/aromatic N) is 1. The predicted octanol–water partition coefficient (Wildman–Crippen LogP) is 2.37.